The highest BCUT2D eigenvalue weighted by Crippen LogP contribution is 2.18. The van der Waals surface area contributed by atoms with Crippen LogP contribution in [0.5, 0.6) is 0 Å². The van der Waals surface area contributed by atoms with Gasteiger partial charge in [0, 0.05) is 19.3 Å². The van der Waals surface area contributed by atoms with Crippen molar-refractivity contribution in [1.29, 1.82) is 0 Å². The van der Waals surface area contributed by atoms with Crippen molar-refractivity contribution in [2.45, 2.75) is 25.8 Å². The van der Waals surface area contributed by atoms with E-state index in [9.17, 15) is 4.39 Å². The van der Waals surface area contributed by atoms with Gasteiger partial charge in [-0.25, -0.2) is 4.39 Å². The summed E-state index contributed by atoms with van der Waals surface area (Å²) < 4.78 is 18.8. The number of hydrogen-bond acceptors (Lipinski definition) is 3. The van der Waals surface area contributed by atoms with Crippen LogP contribution in [0, 0.1) is 5.82 Å². The number of hydrazine groups is 1. The zero-order chi connectivity index (χ0) is 12.7. The summed E-state index contributed by atoms with van der Waals surface area (Å²) in [5, 5.41) is 0. The Labute approximate surface area is 110 Å². The number of ether oxygens (including phenoxy) is 1. The molecule has 0 aromatic heterocycles. The lowest BCUT2D eigenvalue weighted by molar-refractivity contribution is 0.136. The Morgan fingerprint density at radius 3 is 2.88 bits per heavy atom. The molecular weight excluding hydrogens is 287 g/mol. The first-order valence-corrected chi connectivity index (χ1v) is 6.44. The average Bonchev–Trinajstić information content (AvgIpc) is 2.32. The largest absolute Gasteiger partial charge is 0.382 e. The third kappa shape index (κ3) is 5.12. The summed E-state index contributed by atoms with van der Waals surface area (Å²) >= 11 is 3.17. The highest BCUT2D eigenvalue weighted by atomic mass is 79.9. The van der Waals surface area contributed by atoms with Crippen molar-refractivity contribution in [3.05, 3.63) is 34.1 Å². The van der Waals surface area contributed by atoms with Crippen LogP contribution in [0.15, 0.2) is 22.7 Å². The van der Waals surface area contributed by atoms with Gasteiger partial charge in [-0.05, 0) is 53.4 Å². The van der Waals surface area contributed by atoms with Gasteiger partial charge in [-0.15, -0.1) is 0 Å². The monoisotopic (exact) mass is 304 g/mol. The first kappa shape index (κ1) is 14.6. The predicted molar refractivity (Wildman–Crippen MR) is 70.0 cm³/mol. The van der Waals surface area contributed by atoms with Crippen LogP contribution < -0.4 is 11.3 Å². The molecule has 96 valence electrons. The van der Waals surface area contributed by atoms with Gasteiger partial charge < -0.3 is 4.74 Å². The smallest absolute Gasteiger partial charge is 0.137 e. The summed E-state index contributed by atoms with van der Waals surface area (Å²) in [6.07, 6.45) is 1.59. The molecule has 0 aliphatic heterocycles. The zero-order valence-corrected chi connectivity index (χ0v) is 11.5. The van der Waals surface area contributed by atoms with Crippen LogP contribution >= 0.6 is 15.9 Å². The Kier molecular flexibility index (Phi) is 6.65. The fourth-order valence-electron chi connectivity index (χ4n) is 1.57. The molecule has 3 N–H and O–H groups in total. The number of rotatable bonds is 7. The molecule has 0 heterocycles. The summed E-state index contributed by atoms with van der Waals surface area (Å²) in [6, 6.07) is 5.14. The van der Waals surface area contributed by atoms with Crippen LogP contribution in [0.2, 0.25) is 0 Å². The van der Waals surface area contributed by atoms with E-state index in [1.54, 1.807) is 12.1 Å². The van der Waals surface area contributed by atoms with Crippen molar-refractivity contribution in [1.82, 2.24) is 5.43 Å². The van der Waals surface area contributed by atoms with E-state index in [1.807, 2.05) is 6.92 Å². The molecule has 0 fully saturated rings. The zero-order valence-electron chi connectivity index (χ0n) is 9.88. The third-order valence-corrected chi connectivity index (χ3v) is 3.12. The number of nitrogens with one attached hydrogen (secondary N) is 1. The molecule has 1 aromatic carbocycles. The van der Waals surface area contributed by atoms with Crippen LogP contribution in [0.4, 0.5) is 4.39 Å². The standard InChI is InChI=1S/C12H18BrFN2O/c1-2-17-6-5-10(16-15)7-9-3-4-12(14)11(13)8-9/h3-4,8,10,16H,2,5-7,15H2,1H3. The van der Waals surface area contributed by atoms with E-state index >= 15 is 0 Å². The van der Waals surface area contributed by atoms with E-state index in [-0.39, 0.29) is 11.9 Å². The quantitative estimate of drug-likeness (QED) is 0.462. The molecule has 0 radical (unpaired) electrons. The highest BCUT2D eigenvalue weighted by molar-refractivity contribution is 9.10. The maximum absolute atomic E-state index is 13.1. The summed E-state index contributed by atoms with van der Waals surface area (Å²) in [5.41, 5.74) is 3.79. The van der Waals surface area contributed by atoms with Crippen molar-refractivity contribution < 1.29 is 9.13 Å². The van der Waals surface area contributed by atoms with Gasteiger partial charge in [0.2, 0.25) is 0 Å². The van der Waals surface area contributed by atoms with E-state index < -0.39 is 0 Å². The maximum Gasteiger partial charge on any atom is 0.137 e. The molecule has 1 unspecified atom stereocenters. The van der Waals surface area contributed by atoms with Crippen molar-refractivity contribution in [3.63, 3.8) is 0 Å². The summed E-state index contributed by atoms with van der Waals surface area (Å²) in [4.78, 5) is 0. The summed E-state index contributed by atoms with van der Waals surface area (Å²) in [6.45, 7) is 3.34. The third-order valence-electron chi connectivity index (χ3n) is 2.52. The molecule has 0 saturated carbocycles. The van der Waals surface area contributed by atoms with E-state index in [1.165, 1.54) is 6.07 Å². The lowest BCUT2D eigenvalue weighted by Crippen LogP contribution is -2.37. The second kappa shape index (κ2) is 7.76. The lowest BCUT2D eigenvalue weighted by Gasteiger charge is -2.16. The second-order valence-corrected chi connectivity index (χ2v) is 4.66. The molecule has 0 saturated heterocycles. The molecule has 0 spiro atoms. The number of nitrogens with two attached hydrogens (primary N) is 1. The molecule has 17 heavy (non-hydrogen) atoms. The Morgan fingerprint density at radius 1 is 1.53 bits per heavy atom. The Morgan fingerprint density at radius 2 is 2.29 bits per heavy atom. The molecule has 5 heteroatoms. The second-order valence-electron chi connectivity index (χ2n) is 3.80. The molecule has 0 bridgehead atoms. The van der Waals surface area contributed by atoms with Crippen LogP contribution in [0.1, 0.15) is 18.9 Å². The van der Waals surface area contributed by atoms with E-state index in [0.717, 1.165) is 18.4 Å². The highest BCUT2D eigenvalue weighted by Gasteiger charge is 2.09. The minimum absolute atomic E-state index is 0.138. The molecule has 0 aliphatic carbocycles. The molecule has 3 nitrogen and oxygen atoms in total. The molecule has 0 aliphatic rings. The first-order valence-electron chi connectivity index (χ1n) is 5.65. The molecule has 1 rings (SSSR count). The number of benzene rings is 1. The van der Waals surface area contributed by atoms with Crippen LogP contribution in [-0.4, -0.2) is 19.3 Å². The Balaban J connectivity index is 2.51. The Hall–Kier alpha value is -0.490. The van der Waals surface area contributed by atoms with Crippen molar-refractivity contribution >= 4 is 15.9 Å². The summed E-state index contributed by atoms with van der Waals surface area (Å²) in [7, 11) is 0. The summed E-state index contributed by atoms with van der Waals surface area (Å²) in [5.74, 6) is 5.23. The van der Waals surface area contributed by atoms with Gasteiger partial charge in [0.25, 0.3) is 0 Å². The number of halogens is 2. The minimum Gasteiger partial charge on any atom is -0.382 e. The predicted octanol–water partition coefficient (Wildman–Crippen LogP) is 2.39. The van der Waals surface area contributed by atoms with E-state index in [2.05, 4.69) is 21.4 Å². The van der Waals surface area contributed by atoms with Crippen LogP contribution in [0.25, 0.3) is 0 Å². The van der Waals surface area contributed by atoms with Crippen LogP contribution in [-0.2, 0) is 11.2 Å². The molecule has 1 atom stereocenters. The fourth-order valence-corrected chi connectivity index (χ4v) is 1.99. The minimum atomic E-state index is -0.250. The Bertz CT molecular complexity index is 349. The molecule has 1 aromatic rings. The van der Waals surface area contributed by atoms with Crippen molar-refractivity contribution in [2.75, 3.05) is 13.2 Å². The maximum atomic E-state index is 13.1. The number of hydrogen-bond donors (Lipinski definition) is 2. The molecular formula is C12H18BrFN2O. The molecule has 0 amide bonds. The first-order chi connectivity index (χ1) is 8.17. The average molecular weight is 305 g/mol. The topological polar surface area (TPSA) is 47.3 Å². The van der Waals surface area contributed by atoms with Gasteiger partial charge in [0.1, 0.15) is 5.82 Å². The van der Waals surface area contributed by atoms with Crippen LogP contribution in [0.3, 0.4) is 0 Å². The SMILES string of the molecule is CCOCCC(Cc1ccc(F)c(Br)c1)NN. The lowest BCUT2D eigenvalue weighted by atomic mass is 10.0. The fraction of sp³-hybridized carbons (Fsp3) is 0.500. The van der Waals surface area contributed by atoms with Crippen molar-refractivity contribution in [3.8, 4) is 0 Å². The van der Waals surface area contributed by atoms with Gasteiger partial charge in [0.15, 0.2) is 0 Å². The van der Waals surface area contributed by atoms with E-state index in [0.29, 0.717) is 17.7 Å². The van der Waals surface area contributed by atoms with Gasteiger partial charge in [-0.1, -0.05) is 6.07 Å². The van der Waals surface area contributed by atoms with Gasteiger partial charge in [-0.2, -0.15) is 0 Å². The van der Waals surface area contributed by atoms with Gasteiger partial charge in [0.05, 0.1) is 4.47 Å². The normalized spacial score (nSPS) is 12.7. The van der Waals surface area contributed by atoms with E-state index in [4.69, 9.17) is 10.6 Å². The van der Waals surface area contributed by atoms with Gasteiger partial charge >= 0.3 is 0 Å². The van der Waals surface area contributed by atoms with Gasteiger partial charge in [-0.3, -0.25) is 11.3 Å². The van der Waals surface area contributed by atoms with Crippen molar-refractivity contribution in [2.24, 2.45) is 5.84 Å².